The van der Waals surface area contributed by atoms with Crippen molar-refractivity contribution in [3.8, 4) is 11.8 Å². The van der Waals surface area contributed by atoms with Gasteiger partial charge in [-0.15, -0.1) is 0 Å². The van der Waals surface area contributed by atoms with Crippen LogP contribution in [0, 0.1) is 17.7 Å². The van der Waals surface area contributed by atoms with E-state index in [2.05, 4.69) is 17.2 Å². The van der Waals surface area contributed by atoms with Crippen molar-refractivity contribution in [2.45, 2.75) is 26.4 Å². The lowest BCUT2D eigenvalue weighted by atomic mass is 10.1. The molecule has 0 saturated carbocycles. The molecule has 0 aliphatic rings. The van der Waals surface area contributed by atoms with Gasteiger partial charge in [-0.05, 0) is 39.0 Å². The van der Waals surface area contributed by atoms with E-state index in [0.717, 1.165) is 6.07 Å². The lowest BCUT2D eigenvalue weighted by Gasteiger charge is -2.18. The minimum atomic E-state index is -0.571. The smallest absolute Gasteiger partial charge is 0.408 e. The van der Waals surface area contributed by atoms with Gasteiger partial charge in [0.05, 0.1) is 6.54 Å². The standard InChI is InChI=1S/C15H16FNO3/c1-15(2,3)20-14(19)17-6-4-5-11-7-12(10-18)9-13(16)8-11/h7-10H,6H2,1-3H3,(H,17,19). The van der Waals surface area contributed by atoms with E-state index in [4.69, 9.17) is 4.74 Å². The van der Waals surface area contributed by atoms with Crippen molar-refractivity contribution in [2.75, 3.05) is 6.54 Å². The topological polar surface area (TPSA) is 55.4 Å². The Morgan fingerprint density at radius 1 is 1.40 bits per heavy atom. The Bertz CT molecular complexity index is 565. The Kier molecular flexibility index (Phi) is 5.27. The van der Waals surface area contributed by atoms with Gasteiger partial charge in [0.1, 0.15) is 17.7 Å². The summed E-state index contributed by atoms with van der Waals surface area (Å²) in [6, 6.07) is 3.81. The predicted molar refractivity (Wildman–Crippen MR) is 72.9 cm³/mol. The zero-order valence-corrected chi connectivity index (χ0v) is 11.6. The van der Waals surface area contributed by atoms with Gasteiger partial charge in [0, 0.05) is 11.1 Å². The van der Waals surface area contributed by atoms with Crippen molar-refractivity contribution >= 4 is 12.4 Å². The van der Waals surface area contributed by atoms with Gasteiger partial charge in [0.25, 0.3) is 0 Å². The summed E-state index contributed by atoms with van der Waals surface area (Å²) in [6.45, 7) is 5.34. The van der Waals surface area contributed by atoms with Crippen molar-refractivity contribution in [3.63, 3.8) is 0 Å². The van der Waals surface area contributed by atoms with Crippen molar-refractivity contribution in [2.24, 2.45) is 0 Å². The van der Waals surface area contributed by atoms with Crippen LogP contribution in [0.1, 0.15) is 36.7 Å². The highest BCUT2D eigenvalue weighted by Crippen LogP contribution is 2.07. The highest BCUT2D eigenvalue weighted by atomic mass is 19.1. The number of ether oxygens (including phenoxy) is 1. The van der Waals surface area contributed by atoms with E-state index in [1.54, 1.807) is 20.8 Å². The van der Waals surface area contributed by atoms with E-state index in [-0.39, 0.29) is 12.1 Å². The van der Waals surface area contributed by atoms with Gasteiger partial charge in [-0.1, -0.05) is 11.8 Å². The molecule has 0 fully saturated rings. The summed E-state index contributed by atoms with van der Waals surface area (Å²) >= 11 is 0. The highest BCUT2D eigenvalue weighted by molar-refractivity contribution is 5.75. The van der Waals surface area contributed by atoms with Gasteiger partial charge < -0.3 is 10.1 Å². The third-order valence-electron chi connectivity index (χ3n) is 2.01. The Morgan fingerprint density at radius 3 is 2.70 bits per heavy atom. The van der Waals surface area contributed by atoms with Gasteiger partial charge in [-0.25, -0.2) is 9.18 Å². The number of halogens is 1. The predicted octanol–water partition coefficient (Wildman–Crippen LogP) is 2.51. The monoisotopic (exact) mass is 277 g/mol. The van der Waals surface area contributed by atoms with Crippen LogP contribution >= 0.6 is 0 Å². The molecule has 0 heterocycles. The summed E-state index contributed by atoms with van der Waals surface area (Å²) in [5, 5.41) is 2.45. The fourth-order valence-corrected chi connectivity index (χ4v) is 1.33. The average molecular weight is 277 g/mol. The van der Waals surface area contributed by atoms with Gasteiger partial charge >= 0.3 is 6.09 Å². The minimum absolute atomic E-state index is 0.0713. The molecule has 5 heteroatoms. The molecule has 106 valence electrons. The maximum absolute atomic E-state index is 13.1. The number of hydrogen-bond donors (Lipinski definition) is 1. The molecular weight excluding hydrogens is 261 g/mol. The van der Waals surface area contributed by atoms with Crippen LogP contribution in [-0.4, -0.2) is 24.5 Å². The third-order valence-corrected chi connectivity index (χ3v) is 2.01. The fourth-order valence-electron chi connectivity index (χ4n) is 1.33. The molecule has 0 unspecified atom stereocenters. The van der Waals surface area contributed by atoms with Crippen molar-refractivity contribution in [1.29, 1.82) is 0 Å². The van der Waals surface area contributed by atoms with E-state index in [1.165, 1.54) is 12.1 Å². The fraction of sp³-hybridized carbons (Fsp3) is 0.333. The van der Waals surface area contributed by atoms with Crippen LogP contribution in [0.2, 0.25) is 0 Å². The van der Waals surface area contributed by atoms with Gasteiger partial charge in [-0.2, -0.15) is 0 Å². The van der Waals surface area contributed by atoms with E-state index >= 15 is 0 Å². The first-order valence-electron chi connectivity index (χ1n) is 6.01. The van der Waals surface area contributed by atoms with E-state index in [1.807, 2.05) is 0 Å². The Balaban J connectivity index is 2.57. The molecule has 1 aromatic rings. The Hall–Kier alpha value is -2.35. The SMILES string of the molecule is CC(C)(C)OC(=O)NCC#Cc1cc(F)cc(C=O)c1. The molecule has 20 heavy (non-hydrogen) atoms. The number of carbonyl (C=O) groups is 2. The Morgan fingerprint density at radius 2 is 2.10 bits per heavy atom. The summed E-state index contributed by atoms with van der Waals surface area (Å²) in [7, 11) is 0. The van der Waals surface area contributed by atoms with Crippen molar-refractivity contribution in [3.05, 3.63) is 35.1 Å². The number of carbonyl (C=O) groups excluding carboxylic acids is 2. The average Bonchev–Trinajstić information content (AvgIpc) is 2.32. The summed E-state index contributed by atoms with van der Waals surface area (Å²) in [6.07, 6.45) is -0.0210. The van der Waals surface area contributed by atoms with E-state index < -0.39 is 17.5 Å². The van der Waals surface area contributed by atoms with Crippen LogP contribution in [0.4, 0.5) is 9.18 Å². The number of alkyl carbamates (subject to hydrolysis) is 1. The maximum Gasteiger partial charge on any atom is 0.408 e. The second-order valence-electron chi connectivity index (χ2n) is 5.05. The molecule has 0 radical (unpaired) electrons. The molecule has 1 amide bonds. The van der Waals surface area contributed by atoms with Crippen LogP contribution in [-0.2, 0) is 4.74 Å². The molecule has 0 aromatic heterocycles. The number of aldehydes is 1. The van der Waals surface area contributed by atoms with Crippen LogP contribution in [0.25, 0.3) is 0 Å². The quantitative estimate of drug-likeness (QED) is 0.667. The first-order valence-corrected chi connectivity index (χ1v) is 6.01. The lowest BCUT2D eigenvalue weighted by Crippen LogP contribution is -2.32. The first-order chi connectivity index (χ1) is 9.30. The summed E-state index contributed by atoms with van der Waals surface area (Å²) in [5.41, 5.74) is 0.0198. The second-order valence-corrected chi connectivity index (χ2v) is 5.05. The number of amides is 1. The molecule has 0 atom stereocenters. The lowest BCUT2D eigenvalue weighted by molar-refractivity contribution is 0.0535. The first kappa shape index (κ1) is 15.7. The number of nitrogens with one attached hydrogen (secondary N) is 1. The van der Waals surface area contributed by atoms with Crippen LogP contribution in [0.5, 0.6) is 0 Å². The van der Waals surface area contributed by atoms with Crippen molar-refractivity contribution < 1.29 is 18.7 Å². The van der Waals surface area contributed by atoms with Gasteiger partial charge in [0.15, 0.2) is 0 Å². The largest absolute Gasteiger partial charge is 0.444 e. The van der Waals surface area contributed by atoms with Gasteiger partial charge in [0.2, 0.25) is 0 Å². The third kappa shape index (κ3) is 6.01. The van der Waals surface area contributed by atoms with Crippen LogP contribution < -0.4 is 5.32 Å². The maximum atomic E-state index is 13.1. The zero-order valence-electron chi connectivity index (χ0n) is 11.6. The summed E-state index contributed by atoms with van der Waals surface area (Å²) < 4.78 is 18.1. The molecule has 0 saturated heterocycles. The molecule has 1 N–H and O–H groups in total. The molecule has 0 aliphatic carbocycles. The molecule has 1 aromatic carbocycles. The van der Waals surface area contributed by atoms with Crippen LogP contribution in [0.3, 0.4) is 0 Å². The highest BCUT2D eigenvalue weighted by Gasteiger charge is 2.14. The van der Waals surface area contributed by atoms with E-state index in [9.17, 15) is 14.0 Å². The van der Waals surface area contributed by atoms with Crippen LogP contribution in [0.15, 0.2) is 18.2 Å². The molecule has 1 rings (SSSR count). The number of hydrogen-bond acceptors (Lipinski definition) is 3. The van der Waals surface area contributed by atoms with Crippen molar-refractivity contribution in [1.82, 2.24) is 5.32 Å². The summed E-state index contributed by atoms with van der Waals surface area (Å²) in [5.74, 6) is 4.78. The summed E-state index contributed by atoms with van der Waals surface area (Å²) in [4.78, 5) is 21.9. The molecule has 0 aliphatic heterocycles. The van der Waals surface area contributed by atoms with E-state index in [0.29, 0.717) is 11.8 Å². The molecular formula is C15H16FNO3. The normalized spacial score (nSPS) is 10.2. The minimum Gasteiger partial charge on any atom is -0.444 e. The number of benzene rings is 1. The molecule has 0 spiro atoms. The second kappa shape index (κ2) is 6.71. The molecule has 0 bridgehead atoms. The Labute approximate surface area is 117 Å². The molecule has 4 nitrogen and oxygen atoms in total. The zero-order chi connectivity index (χ0) is 15.2. The number of rotatable bonds is 2. The van der Waals surface area contributed by atoms with Gasteiger partial charge in [-0.3, -0.25) is 4.79 Å².